The molecule has 9 heteroatoms. The molecule has 0 spiro atoms. The zero-order valence-corrected chi connectivity index (χ0v) is 20.6. The third kappa shape index (κ3) is 5.63. The van der Waals surface area contributed by atoms with Crippen molar-refractivity contribution >= 4 is 21.8 Å². The fraction of sp³-hybridized carbons (Fsp3) is 0.308. The van der Waals surface area contributed by atoms with E-state index in [0.29, 0.717) is 12.0 Å². The van der Waals surface area contributed by atoms with Crippen LogP contribution in [0.3, 0.4) is 0 Å². The van der Waals surface area contributed by atoms with E-state index < -0.39 is 22.0 Å². The number of benzene rings is 2. The highest BCUT2D eigenvalue weighted by atomic mass is 32.2. The van der Waals surface area contributed by atoms with Crippen LogP contribution in [-0.2, 0) is 21.2 Å². The van der Waals surface area contributed by atoms with Crippen molar-refractivity contribution < 1.29 is 22.4 Å². The molecule has 4 rings (SSSR count). The number of piperazine rings is 1. The summed E-state index contributed by atoms with van der Waals surface area (Å²) in [4.78, 5) is 28.0. The summed E-state index contributed by atoms with van der Waals surface area (Å²) in [6, 6.07) is 17.0. The normalized spacial score (nSPS) is 15.5. The van der Waals surface area contributed by atoms with Gasteiger partial charge in [0.15, 0.2) is 5.76 Å². The quantitative estimate of drug-likeness (QED) is 0.543. The molecule has 8 nitrogen and oxygen atoms in total. The Balaban J connectivity index is 1.46. The van der Waals surface area contributed by atoms with Gasteiger partial charge in [-0.3, -0.25) is 9.59 Å². The molecule has 1 aliphatic rings. The number of carbonyl (C=O) groups excluding carboxylic acids is 2. The van der Waals surface area contributed by atoms with Crippen LogP contribution in [0.4, 0.5) is 0 Å². The van der Waals surface area contributed by atoms with Crippen molar-refractivity contribution in [1.29, 1.82) is 0 Å². The summed E-state index contributed by atoms with van der Waals surface area (Å²) in [5, 5.41) is 2.79. The molecule has 1 aliphatic heterocycles. The van der Waals surface area contributed by atoms with Gasteiger partial charge in [0.25, 0.3) is 5.91 Å². The number of hydrogen-bond donors (Lipinski definition) is 1. The Morgan fingerprint density at radius 3 is 2.31 bits per heavy atom. The first-order valence-corrected chi connectivity index (χ1v) is 12.9. The van der Waals surface area contributed by atoms with Crippen molar-refractivity contribution in [2.45, 2.75) is 31.2 Å². The summed E-state index contributed by atoms with van der Waals surface area (Å²) in [6.45, 7) is 4.56. The van der Waals surface area contributed by atoms with Crippen LogP contribution < -0.4 is 5.32 Å². The van der Waals surface area contributed by atoms with Gasteiger partial charge in [-0.05, 0) is 43.2 Å². The lowest BCUT2D eigenvalue weighted by atomic mass is 10.0. The van der Waals surface area contributed by atoms with E-state index in [-0.39, 0.29) is 42.7 Å². The number of nitrogens with one attached hydrogen (secondary N) is 1. The lowest BCUT2D eigenvalue weighted by Gasteiger charge is -2.36. The number of furan rings is 1. The van der Waals surface area contributed by atoms with E-state index in [9.17, 15) is 18.0 Å². The molecule has 1 N–H and O–H groups in total. The van der Waals surface area contributed by atoms with Crippen molar-refractivity contribution in [3.05, 3.63) is 89.4 Å². The maximum atomic E-state index is 13.4. The number of aryl methyl sites for hydroxylation is 2. The topological polar surface area (TPSA) is 99.9 Å². The molecule has 0 unspecified atom stereocenters. The van der Waals surface area contributed by atoms with Gasteiger partial charge in [-0.15, -0.1) is 0 Å². The maximum Gasteiger partial charge on any atom is 0.287 e. The second kappa shape index (κ2) is 10.5. The maximum absolute atomic E-state index is 13.4. The Morgan fingerprint density at radius 2 is 1.69 bits per heavy atom. The van der Waals surface area contributed by atoms with E-state index in [0.717, 1.165) is 11.1 Å². The third-order valence-electron chi connectivity index (χ3n) is 6.13. The summed E-state index contributed by atoms with van der Waals surface area (Å²) in [5.41, 5.74) is 2.60. The van der Waals surface area contributed by atoms with Crippen LogP contribution in [0.2, 0.25) is 0 Å². The summed E-state index contributed by atoms with van der Waals surface area (Å²) in [6.07, 6.45) is 1.71. The molecule has 0 radical (unpaired) electrons. The molecule has 1 fully saturated rings. The minimum Gasteiger partial charge on any atom is -0.459 e. The Labute approximate surface area is 205 Å². The molecule has 0 aliphatic carbocycles. The molecule has 1 aromatic heterocycles. The van der Waals surface area contributed by atoms with Gasteiger partial charge in [0.1, 0.15) is 6.04 Å². The van der Waals surface area contributed by atoms with Crippen molar-refractivity contribution in [3.63, 3.8) is 0 Å². The average Bonchev–Trinajstić information content (AvgIpc) is 3.39. The van der Waals surface area contributed by atoms with Crippen molar-refractivity contribution in [3.8, 4) is 0 Å². The van der Waals surface area contributed by atoms with Crippen LogP contribution in [-0.4, -0.2) is 61.7 Å². The number of amides is 2. The van der Waals surface area contributed by atoms with E-state index in [1.165, 1.54) is 16.6 Å². The van der Waals surface area contributed by atoms with Gasteiger partial charge in [0, 0.05) is 32.6 Å². The molecule has 0 saturated carbocycles. The van der Waals surface area contributed by atoms with Crippen LogP contribution >= 0.6 is 0 Å². The van der Waals surface area contributed by atoms with E-state index >= 15 is 0 Å². The van der Waals surface area contributed by atoms with Crippen LogP contribution in [0.25, 0.3) is 0 Å². The first kappa shape index (κ1) is 24.7. The molecule has 1 atom stereocenters. The van der Waals surface area contributed by atoms with E-state index in [1.807, 2.05) is 43.3 Å². The molecule has 3 aromatic rings. The van der Waals surface area contributed by atoms with Gasteiger partial charge in [-0.1, -0.05) is 48.0 Å². The van der Waals surface area contributed by atoms with E-state index in [2.05, 4.69) is 5.32 Å². The second-order valence-corrected chi connectivity index (χ2v) is 10.6. The molecular weight excluding hydrogens is 466 g/mol. The van der Waals surface area contributed by atoms with Crippen LogP contribution in [0.1, 0.15) is 27.2 Å². The van der Waals surface area contributed by atoms with Gasteiger partial charge in [0.2, 0.25) is 15.9 Å². The van der Waals surface area contributed by atoms with Crippen molar-refractivity contribution in [1.82, 2.24) is 14.5 Å². The zero-order chi connectivity index (χ0) is 25.0. The Morgan fingerprint density at radius 1 is 0.971 bits per heavy atom. The number of sulfonamides is 1. The van der Waals surface area contributed by atoms with Gasteiger partial charge in [0.05, 0.1) is 11.2 Å². The van der Waals surface area contributed by atoms with Crippen LogP contribution in [0, 0.1) is 13.8 Å². The molecular formula is C26H29N3O5S. The molecule has 2 heterocycles. The second-order valence-electron chi connectivity index (χ2n) is 8.69. The molecule has 1 saturated heterocycles. The summed E-state index contributed by atoms with van der Waals surface area (Å²) < 4.78 is 33.0. The number of carbonyl (C=O) groups is 2. The lowest BCUT2D eigenvalue weighted by Crippen LogP contribution is -2.56. The third-order valence-corrected chi connectivity index (χ3v) is 8.19. The minimum absolute atomic E-state index is 0.125. The van der Waals surface area contributed by atoms with Gasteiger partial charge >= 0.3 is 0 Å². The van der Waals surface area contributed by atoms with E-state index in [4.69, 9.17) is 4.42 Å². The zero-order valence-electron chi connectivity index (χ0n) is 19.8. The summed E-state index contributed by atoms with van der Waals surface area (Å²) >= 11 is 0. The Kier molecular flexibility index (Phi) is 7.37. The fourth-order valence-electron chi connectivity index (χ4n) is 4.28. The van der Waals surface area contributed by atoms with Crippen LogP contribution in [0.5, 0.6) is 0 Å². The van der Waals surface area contributed by atoms with Gasteiger partial charge < -0.3 is 14.6 Å². The largest absolute Gasteiger partial charge is 0.459 e. The standard InChI is InChI=1S/C26H29N3O5S/c1-19-10-11-24(20(2)17-19)35(32,33)29-14-12-28(13-15-29)26(31)22(18-21-7-4-3-5-8-21)27-25(30)23-9-6-16-34-23/h3-11,16-17,22H,12-15,18H2,1-2H3,(H,27,30)/t22-/m0/s1. The Hall–Kier alpha value is -3.43. The molecule has 184 valence electrons. The number of hydrogen-bond acceptors (Lipinski definition) is 5. The highest BCUT2D eigenvalue weighted by Gasteiger charge is 2.34. The highest BCUT2D eigenvalue weighted by molar-refractivity contribution is 7.89. The number of rotatable bonds is 7. The highest BCUT2D eigenvalue weighted by Crippen LogP contribution is 2.22. The first-order chi connectivity index (χ1) is 16.8. The summed E-state index contributed by atoms with van der Waals surface area (Å²) in [7, 11) is -3.66. The molecule has 2 amide bonds. The number of nitrogens with zero attached hydrogens (tertiary/aromatic N) is 2. The fourth-order valence-corrected chi connectivity index (χ4v) is 5.91. The Bertz CT molecular complexity index is 1280. The van der Waals surface area contributed by atoms with Gasteiger partial charge in [-0.25, -0.2) is 8.42 Å². The SMILES string of the molecule is Cc1ccc(S(=O)(=O)N2CCN(C(=O)[C@H](Cc3ccccc3)NC(=O)c3ccco3)CC2)c(C)c1. The predicted molar refractivity (Wildman–Crippen MR) is 131 cm³/mol. The first-order valence-electron chi connectivity index (χ1n) is 11.5. The van der Waals surface area contributed by atoms with E-state index in [1.54, 1.807) is 30.0 Å². The minimum atomic E-state index is -3.66. The lowest BCUT2D eigenvalue weighted by molar-refractivity contribution is -0.134. The molecule has 2 aromatic carbocycles. The van der Waals surface area contributed by atoms with Gasteiger partial charge in [-0.2, -0.15) is 4.31 Å². The molecule has 0 bridgehead atoms. The van der Waals surface area contributed by atoms with Crippen molar-refractivity contribution in [2.75, 3.05) is 26.2 Å². The average molecular weight is 496 g/mol. The monoisotopic (exact) mass is 495 g/mol. The molecule has 35 heavy (non-hydrogen) atoms. The summed E-state index contributed by atoms with van der Waals surface area (Å²) in [5.74, 6) is -0.599. The van der Waals surface area contributed by atoms with Crippen LogP contribution in [0.15, 0.2) is 76.2 Å². The predicted octanol–water partition coefficient (Wildman–Crippen LogP) is 2.77. The van der Waals surface area contributed by atoms with Crippen molar-refractivity contribution in [2.24, 2.45) is 0 Å². The smallest absolute Gasteiger partial charge is 0.287 e.